The normalized spacial score (nSPS) is 20.0. The number of ether oxygens (including phenoxy) is 2. The summed E-state index contributed by atoms with van der Waals surface area (Å²) in [5.41, 5.74) is 10.3. The van der Waals surface area contributed by atoms with Crippen LogP contribution in [0.15, 0.2) is 30.3 Å². The number of nitrogens with two attached hydrogens (primary N) is 1. The van der Waals surface area contributed by atoms with Crippen molar-refractivity contribution in [2.24, 2.45) is 18.7 Å². The summed E-state index contributed by atoms with van der Waals surface area (Å²) < 4.78 is 15.2. The summed E-state index contributed by atoms with van der Waals surface area (Å²) in [6.07, 6.45) is 0.824. The van der Waals surface area contributed by atoms with Gasteiger partial charge in [0.1, 0.15) is 16.9 Å². The van der Waals surface area contributed by atoms with Gasteiger partial charge in [-0.15, -0.1) is 0 Å². The summed E-state index contributed by atoms with van der Waals surface area (Å²) in [7, 11) is 5.20. The van der Waals surface area contributed by atoms with Crippen molar-refractivity contribution >= 4 is 28.0 Å². The van der Waals surface area contributed by atoms with Crippen molar-refractivity contribution < 1.29 is 14.3 Å². The average molecular weight is 491 g/mol. The van der Waals surface area contributed by atoms with Crippen LogP contribution in [-0.4, -0.2) is 62.8 Å². The van der Waals surface area contributed by atoms with Crippen LogP contribution in [0.1, 0.15) is 37.6 Å². The van der Waals surface area contributed by atoms with Crippen molar-refractivity contribution in [1.29, 1.82) is 0 Å². The molecule has 190 valence electrons. The Labute approximate surface area is 210 Å². The molecule has 5 rings (SSSR count). The Morgan fingerprint density at radius 2 is 1.92 bits per heavy atom. The highest BCUT2D eigenvalue weighted by molar-refractivity contribution is 6.00. The van der Waals surface area contributed by atoms with Gasteiger partial charge in [-0.25, -0.2) is 4.98 Å². The van der Waals surface area contributed by atoms with Gasteiger partial charge in [0.25, 0.3) is 5.91 Å². The van der Waals surface area contributed by atoms with Gasteiger partial charge in [0.15, 0.2) is 5.82 Å². The zero-order chi connectivity index (χ0) is 25.7. The molecule has 2 N–H and O–H groups in total. The number of likely N-dealkylation sites (tertiary alicyclic amines) is 1. The molecule has 0 aliphatic carbocycles. The van der Waals surface area contributed by atoms with E-state index in [-0.39, 0.29) is 23.9 Å². The summed E-state index contributed by atoms with van der Waals surface area (Å²) in [4.78, 5) is 25.2. The van der Waals surface area contributed by atoms with Gasteiger partial charge in [0.05, 0.1) is 25.4 Å². The number of amides is 1. The Hall–Kier alpha value is -3.59. The van der Waals surface area contributed by atoms with E-state index in [4.69, 9.17) is 20.2 Å². The fraction of sp³-hybridized carbons (Fsp3) is 0.444. The lowest BCUT2D eigenvalue weighted by atomic mass is 10.00. The van der Waals surface area contributed by atoms with E-state index in [9.17, 15) is 4.79 Å². The predicted molar refractivity (Wildman–Crippen MR) is 140 cm³/mol. The monoisotopic (exact) mass is 490 g/mol. The molecule has 3 aromatic heterocycles. The minimum atomic E-state index is -0.0342. The third-order valence-electron chi connectivity index (χ3n) is 7.54. The minimum Gasteiger partial charge on any atom is -0.494 e. The topological polar surface area (TPSA) is 100 Å². The first-order chi connectivity index (χ1) is 17.3. The van der Waals surface area contributed by atoms with Crippen LogP contribution in [0.25, 0.3) is 33.6 Å². The Balaban J connectivity index is 1.64. The van der Waals surface area contributed by atoms with Gasteiger partial charge in [-0.3, -0.25) is 4.79 Å². The number of methoxy groups -OCH3 is 2. The van der Waals surface area contributed by atoms with Gasteiger partial charge in [0, 0.05) is 49.2 Å². The number of hydrogen-bond acceptors (Lipinski definition) is 6. The highest BCUT2D eigenvalue weighted by Crippen LogP contribution is 2.35. The molecule has 1 aliphatic heterocycles. The first-order valence-corrected chi connectivity index (χ1v) is 12.5. The maximum Gasteiger partial charge on any atom is 0.254 e. The Kier molecular flexibility index (Phi) is 6.12. The third kappa shape index (κ3) is 3.61. The molecule has 4 aromatic rings. The van der Waals surface area contributed by atoms with Gasteiger partial charge >= 0.3 is 0 Å². The van der Waals surface area contributed by atoms with Crippen LogP contribution in [-0.2, 0) is 13.6 Å². The number of hydrogen-bond donors (Lipinski definition) is 1. The number of imidazole rings is 1. The van der Waals surface area contributed by atoms with E-state index in [1.165, 1.54) is 0 Å². The fourth-order valence-corrected chi connectivity index (χ4v) is 5.59. The zero-order valence-electron chi connectivity index (χ0n) is 21.8. The molecule has 1 amide bonds. The summed E-state index contributed by atoms with van der Waals surface area (Å²) in [5, 5.41) is 1.01. The SMILES string of the molecule is CC[C@@H]1[C@H](N)[C@H](C)CN1C(=O)c1cc(OC)c2c(c1)nc(-c1cc3ccc(OC)nc3n1CC)n2C. The maximum absolute atomic E-state index is 13.6. The number of carbonyl (C=O) groups is 1. The second-order valence-corrected chi connectivity index (χ2v) is 9.57. The average Bonchev–Trinajstić information content (AvgIpc) is 3.52. The summed E-state index contributed by atoms with van der Waals surface area (Å²) in [5.74, 6) is 2.18. The molecule has 0 saturated carbocycles. The number of pyridine rings is 1. The lowest BCUT2D eigenvalue weighted by Gasteiger charge is -2.26. The van der Waals surface area contributed by atoms with Crippen LogP contribution in [0.2, 0.25) is 0 Å². The van der Waals surface area contributed by atoms with Crippen LogP contribution in [0, 0.1) is 5.92 Å². The van der Waals surface area contributed by atoms with Gasteiger partial charge in [-0.1, -0.05) is 13.8 Å². The van der Waals surface area contributed by atoms with Gasteiger partial charge in [-0.05, 0) is 43.5 Å². The molecule has 0 unspecified atom stereocenters. The molecule has 9 heteroatoms. The molecule has 1 saturated heterocycles. The van der Waals surface area contributed by atoms with Crippen molar-refractivity contribution in [3.05, 3.63) is 35.9 Å². The smallest absolute Gasteiger partial charge is 0.254 e. The molecule has 1 aromatic carbocycles. The van der Waals surface area contributed by atoms with E-state index in [0.717, 1.165) is 41.0 Å². The zero-order valence-corrected chi connectivity index (χ0v) is 21.8. The standard InChI is InChI=1S/C27H34N6O3/c1-7-19-23(28)15(3)14-33(19)27(34)17-11-18-24(21(13-17)35-5)31(4)26(29-18)20-12-16-9-10-22(36-6)30-25(16)32(20)8-2/h9-13,15,19,23H,7-8,14,28H2,1-6H3/t15-,19-,23-/m1/s1. The van der Waals surface area contributed by atoms with Crippen molar-refractivity contribution in [2.45, 2.75) is 45.8 Å². The molecule has 1 aliphatic rings. The van der Waals surface area contributed by atoms with E-state index in [0.29, 0.717) is 29.3 Å². The second kappa shape index (κ2) is 9.13. The van der Waals surface area contributed by atoms with Crippen molar-refractivity contribution in [2.75, 3.05) is 20.8 Å². The number of carbonyl (C=O) groups excluding carboxylic acids is 1. The first-order valence-electron chi connectivity index (χ1n) is 12.5. The lowest BCUT2D eigenvalue weighted by molar-refractivity contribution is 0.0725. The summed E-state index contributed by atoms with van der Waals surface area (Å²) >= 11 is 0. The summed E-state index contributed by atoms with van der Waals surface area (Å²) in [6.45, 7) is 7.63. The highest BCUT2D eigenvalue weighted by atomic mass is 16.5. The number of aryl methyl sites for hydroxylation is 2. The third-order valence-corrected chi connectivity index (χ3v) is 7.54. The molecule has 4 heterocycles. The number of rotatable bonds is 6. The highest BCUT2D eigenvalue weighted by Gasteiger charge is 2.39. The maximum atomic E-state index is 13.6. The van der Waals surface area contributed by atoms with Crippen LogP contribution < -0.4 is 15.2 Å². The molecule has 1 fully saturated rings. The Morgan fingerprint density at radius 3 is 2.58 bits per heavy atom. The van der Waals surface area contributed by atoms with Crippen LogP contribution >= 0.6 is 0 Å². The van der Waals surface area contributed by atoms with Crippen LogP contribution in [0.4, 0.5) is 0 Å². The van der Waals surface area contributed by atoms with Gasteiger partial charge < -0.3 is 29.2 Å². The van der Waals surface area contributed by atoms with Crippen molar-refractivity contribution in [3.63, 3.8) is 0 Å². The number of nitrogens with zero attached hydrogens (tertiary/aromatic N) is 5. The molecule has 0 bridgehead atoms. The van der Waals surface area contributed by atoms with Gasteiger partial charge in [0.2, 0.25) is 5.88 Å². The number of benzene rings is 1. The van der Waals surface area contributed by atoms with Crippen molar-refractivity contribution in [3.8, 4) is 23.1 Å². The van der Waals surface area contributed by atoms with E-state index >= 15 is 0 Å². The Morgan fingerprint density at radius 1 is 1.14 bits per heavy atom. The van der Waals surface area contributed by atoms with E-state index in [1.54, 1.807) is 14.2 Å². The molecule has 36 heavy (non-hydrogen) atoms. The van der Waals surface area contributed by atoms with Crippen molar-refractivity contribution in [1.82, 2.24) is 24.0 Å². The molecule has 0 spiro atoms. The largest absolute Gasteiger partial charge is 0.494 e. The molecule has 3 atom stereocenters. The Bertz CT molecular complexity index is 1460. The van der Waals surface area contributed by atoms with Gasteiger partial charge in [-0.2, -0.15) is 4.98 Å². The van der Waals surface area contributed by atoms with E-state index < -0.39 is 0 Å². The second-order valence-electron chi connectivity index (χ2n) is 9.57. The minimum absolute atomic E-state index is 0.0192. The number of fused-ring (bicyclic) bond motifs is 2. The molecular formula is C27H34N6O3. The van der Waals surface area contributed by atoms with E-state index in [1.807, 2.05) is 40.8 Å². The lowest BCUT2D eigenvalue weighted by Crippen LogP contribution is -2.42. The van der Waals surface area contributed by atoms with E-state index in [2.05, 4.69) is 36.4 Å². The predicted octanol–water partition coefficient (Wildman–Crippen LogP) is 3.82. The quantitative estimate of drug-likeness (QED) is 0.441. The number of aromatic nitrogens is 4. The molecule has 0 radical (unpaired) electrons. The fourth-order valence-electron chi connectivity index (χ4n) is 5.59. The van der Waals surface area contributed by atoms with Crippen LogP contribution in [0.5, 0.6) is 11.6 Å². The first kappa shape index (κ1) is 24.1. The summed E-state index contributed by atoms with van der Waals surface area (Å²) in [6, 6.07) is 9.64. The molecule has 9 nitrogen and oxygen atoms in total. The molecular weight excluding hydrogens is 456 g/mol. The van der Waals surface area contributed by atoms with Crippen LogP contribution in [0.3, 0.4) is 0 Å².